The Kier molecular flexibility index (Phi) is 6.30. The summed E-state index contributed by atoms with van der Waals surface area (Å²) in [5.41, 5.74) is 0.581. The zero-order valence-electron chi connectivity index (χ0n) is 16.5. The summed E-state index contributed by atoms with van der Waals surface area (Å²) in [6, 6.07) is 11.8. The van der Waals surface area contributed by atoms with Crippen molar-refractivity contribution < 1.29 is 22.3 Å². The van der Waals surface area contributed by atoms with Crippen molar-refractivity contribution in [1.29, 1.82) is 0 Å². The van der Waals surface area contributed by atoms with Crippen molar-refractivity contribution in [2.45, 2.75) is 24.3 Å². The molecule has 162 valence electrons. The lowest BCUT2D eigenvalue weighted by Gasteiger charge is -2.16. The van der Waals surface area contributed by atoms with E-state index in [2.05, 4.69) is 10.3 Å². The zero-order chi connectivity index (χ0) is 21.8. The standard InChI is InChI=1S/C21H20FN3O4S2/c22-15-6-8-17(9-7-15)29-13-20-24-19(14-30-20)21(26)23-16-4-3-5-18(12-16)31(27,28)25-10-1-2-11-25/h3-9,12,14H,1-2,10-11,13H2,(H,23,26). The topological polar surface area (TPSA) is 88.6 Å². The summed E-state index contributed by atoms with van der Waals surface area (Å²) in [5, 5.41) is 4.88. The number of ether oxygens (including phenoxy) is 1. The van der Waals surface area contributed by atoms with E-state index in [0.29, 0.717) is 29.5 Å². The zero-order valence-corrected chi connectivity index (χ0v) is 18.1. The van der Waals surface area contributed by atoms with Gasteiger partial charge in [0.2, 0.25) is 10.0 Å². The molecule has 10 heteroatoms. The number of sulfonamides is 1. The number of hydrogen-bond donors (Lipinski definition) is 1. The molecular weight excluding hydrogens is 441 g/mol. The number of amides is 1. The van der Waals surface area contributed by atoms with E-state index >= 15 is 0 Å². The van der Waals surface area contributed by atoms with E-state index in [1.54, 1.807) is 17.5 Å². The van der Waals surface area contributed by atoms with E-state index in [4.69, 9.17) is 4.74 Å². The van der Waals surface area contributed by atoms with Crippen molar-refractivity contribution in [2.24, 2.45) is 0 Å². The number of nitrogens with one attached hydrogen (secondary N) is 1. The van der Waals surface area contributed by atoms with Gasteiger partial charge in [-0.3, -0.25) is 4.79 Å². The number of benzene rings is 2. The van der Waals surface area contributed by atoms with Gasteiger partial charge in [-0.1, -0.05) is 6.07 Å². The largest absolute Gasteiger partial charge is 0.486 e. The van der Waals surface area contributed by atoms with Crippen molar-refractivity contribution >= 4 is 33.0 Å². The maximum absolute atomic E-state index is 12.9. The molecule has 2 aromatic carbocycles. The Bertz CT molecular complexity index is 1170. The van der Waals surface area contributed by atoms with Gasteiger partial charge in [-0.15, -0.1) is 11.3 Å². The first-order valence-corrected chi connectivity index (χ1v) is 12.0. The maximum atomic E-state index is 12.9. The number of anilines is 1. The summed E-state index contributed by atoms with van der Waals surface area (Å²) in [5.74, 6) is -0.295. The van der Waals surface area contributed by atoms with Crippen molar-refractivity contribution in [1.82, 2.24) is 9.29 Å². The van der Waals surface area contributed by atoms with Crippen molar-refractivity contribution in [3.8, 4) is 5.75 Å². The van der Waals surface area contributed by atoms with Crippen LogP contribution in [0.4, 0.5) is 10.1 Å². The molecule has 1 saturated heterocycles. The molecule has 4 rings (SSSR count). The van der Waals surface area contributed by atoms with E-state index in [0.717, 1.165) is 12.8 Å². The Balaban J connectivity index is 1.40. The second kappa shape index (κ2) is 9.13. The first-order chi connectivity index (χ1) is 14.9. The summed E-state index contributed by atoms with van der Waals surface area (Å²) >= 11 is 1.26. The molecule has 0 atom stereocenters. The van der Waals surface area contributed by atoms with Gasteiger partial charge >= 0.3 is 0 Å². The summed E-state index contributed by atoms with van der Waals surface area (Å²) in [6.07, 6.45) is 1.71. The molecular formula is C21H20FN3O4S2. The molecule has 31 heavy (non-hydrogen) atoms. The van der Waals surface area contributed by atoms with Crippen LogP contribution in [0.5, 0.6) is 5.75 Å². The van der Waals surface area contributed by atoms with E-state index in [-0.39, 0.29) is 23.0 Å². The molecule has 1 aliphatic rings. The molecule has 7 nitrogen and oxygen atoms in total. The lowest BCUT2D eigenvalue weighted by atomic mass is 10.3. The number of hydrogen-bond acceptors (Lipinski definition) is 6. The Morgan fingerprint density at radius 3 is 2.65 bits per heavy atom. The first kappa shape index (κ1) is 21.4. The Morgan fingerprint density at radius 1 is 1.16 bits per heavy atom. The van der Waals surface area contributed by atoms with Crippen LogP contribution in [0.25, 0.3) is 0 Å². The predicted octanol–water partition coefficient (Wildman–Crippen LogP) is 3.90. The van der Waals surface area contributed by atoms with Crippen molar-refractivity contribution in [2.75, 3.05) is 18.4 Å². The molecule has 1 amide bonds. The van der Waals surface area contributed by atoms with Gasteiger partial charge in [-0.05, 0) is 55.3 Å². The average Bonchev–Trinajstić information content (AvgIpc) is 3.46. The highest BCUT2D eigenvalue weighted by Crippen LogP contribution is 2.23. The minimum atomic E-state index is -3.57. The van der Waals surface area contributed by atoms with Crippen molar-refractivity contribution in [3.05, 3.63) is 70.4 Å². The second-order valence-corrected chi connectivity index (χ2v) is 9.84. The summed E-state index contributed by atoms with van der Waals surface area (Å²) in [7, 11) is -3.57. The van der Waals surface area contributed by atoms with Crippen LogP contribution >= 0.6 is 11.3 Å². The maximum Gasteiger partial charge on any atom is 0.275 e. The van der Waals surface area contributed by atoms with Crippen LogP contribution in [0.3, 0.4) is 0 Å². The smallest absolute Gasteiger partial charge is 0.275 e. The number of carbonyl (C=O) groups excluding carboxylic acids is 1. The lowest BCUT2D eigenvalue weighted by molar-refractivity contribution is 0.102. The molecule has 1 N–H and O–H groups in total. The fraction of sp³-hybridized carbons (Fsp3) is 0.238. The van der Waals surface area contributed by atoms with Crippen LogP contribution in [0.15, 0.2) is 58.8 Å². The molecule has 0 unspecified atom stereocenters. The minimum Gasteiger partial charge on any atom is -0.486 e. The van der Waals surface area contributed by atoms with Crippen LogP contribution in [-0.2, 0) is 16.6 Å². The average molecular weight is 462 g/mol. The SMILES string of the molecule is O=C(Nc1cccc(S(=O)(=O)N2CCCC2)c1)c1csc(COc2ccc(F)cc2)n1. The number of nitrogens with zero attached hydrogens (tertiary/aromatic N) is 2. The van der Waals surface area contributed by atoms with Gasteiger partial charge in [0.1, 0.15) is 28.9 Å². The highest BCUT2D eigenvalue weighted by Gasteiger charge is 2.27. The second-order valence-electron chi connectivity index (χ2n) is 6.96. The van der Waals surface area contributed by atoms with Gasteiger partial charge in [0.15, 0.2) is 0 Å². The third kappa shape index (κ3) is 5.09. The number of thiazole rings is 1. The van der Waals surface area contributed by atoms with Gasteiger partial charge in [-0.25, -0.2) is 17.8 Å². The molecule has 3 aromatic rings. The Labute approximate surface area is 183 Å². The van der Waals surface area contributed by atoms with Crippen LogP contribution in [0.1, 0.15) is 28.3 Å². The fourth-order valence-corrected chi connectivity index (χ4v) is 5.41. The van der Waals surface area contributed by atoms with E-state index < -0.39 is 15.9 Å². The monoisotopic (exact) mass is 461 g/mol. The molecule has 0 radical (unpaired) electrons. The van der Waals surface area contributed by atoms with Gasteiger partial charge in [0.05, 0.1) is 4.90 Å². The molecule has 1 fully saturated rings. The predicted molar refractivity (Wildman–Crippen MR) is 115 cm³/mol. The van der Waals surface area contributed by atoms with Gasteiger partial charge in [0.25, 0.3) is 5.91 Å². The minimum absolute atomic E-state index is 0.146. The summed E-state index contributed by atoms with van der Waals surface area (Å²) in [6.45, 7) is 1.17. The van der Waals surface area contributed by atoms with Crippen molar-refractivity contribution in [3.63, 3.8) is 0 Å². The number of rotatable bonds is 7. The number of aromatic nitrogens is 1. The first-order valence-electron chi connectivity index (χ1n) is 9.66. The summed E-state index contributed by atoms with van der Waals surface area (Å²) < 4.78 is 45.4. The van der Waals surface area contributed by atoms with E-state index in [1.165, 1.54) is 52.0 Å². The molecule has 0 aliphatic carbocycles. The van der Waals surface area contributed by atoms with E-state index in [9.17, 15) is 17.6 Å². The summed E-state index contributed by atoms with van der Waals surface area (Å²) in [4.78, 5) is 17.0. The Hall–Kier alpha value is -2.82. The molecule has 0 bridgehead atoms. The van der Waals surface area contributed by atoms with Crippen LogP contribution in [0, 0.1) is 5.82 Å². The van der Waals surface area contributed by atoms with Gasteiger partial charge < -0.3 is 10.1 Å². The molecule has 2 heterocycles. The fourth-order valence-electron chi connectivity index (χ4n) is 3.16. The van der Waals surface area contributed by atoms with Crippen LogP contribution in [0.2, 0.25) is 0 Å². The van der Waals surface area contributed by atoms with Gasteiger partial charge in [0, 0.05) is 24.2 Å². The number of carbonyl (C=O) groups is 1. The molecule has 1 aromatic heterocycles. The lowest BCUT2D eigenvalue weighted by Crippen LogP contribution is -2.27. The molecule has 0 saturated carbocycles. The normalized spacial score (nSPS) is 14.5. The highest BCUT2D eigenvalue weighted by atomic mass is 32.2. The quantitative estimate of drug-likeness (QED) is 0.577. The van der Waals surface area contributed by atoms with E-state index in [1.807, 2.05) is 0 Å². The molecule has 0 spiro atoms. The highest BCUT2D eigenvalue weighted by molar-refractivity contribution is 7.89. The number of halogens is 1. The third-order valence-electron chi connectivity index (χ3n) is 4.76. The molecule has 1 aliphatic heterocycles. The van der Waals surface area contributed by atoms with Crippen LogP contribution < -0.4 is 10.1 Å². The Morgan fingerprint density at radius 2 is 1.90 bits per heavy atom. The van der Waals surface area contributed by atoms with Crippen LogP contribution in [-0.4, -0.2) is 36.7 Å². The van der Waals surface area contributed by atoms with Gasteiger partial charge in [-0.2, -0.15) is 4.31 Å². The third-order valence-corrected chi connectivity index (χ3v) is 7.47.